The number of benzene rings is 1. The highest BCUT2D eigenvalue weighted by atomic mass is 32.1. The van der Waals surface area contributed by atoms with Crippen LogP contribution in [0, 0.1) is 11.8 Å². The first-order chi connectivity index (χ1) is 11.1. The van der Waals surface area contributed by atoms with Crippen LogP contribution in [0.15, 0.2) is 36.5 Å². The fourth-order valence-electron chi connectivity index (χ4n) is 2.58. The minimum absolute atomic E-state index is 0.0691. The van der Waals surface area contributed by atoms with Gasteiger partial charge < -0.3 is 9.80 Å². The molecule has 1 fully saturated rings. The third kappa shape index (κ3) is 3.79. The monoisotopic (exact) mass is 325 g/mol. The maximum atomic E-state index is 12.5. The van der Waals surface area contributed by atoms with E-state index in [0.717, 1.165) is 25.1 Å². The number of amides is 1. The molecule has 5 heteroatoms. The van der Waals surface area contributed by atoms with E-state index in [1.165, 1.54) is 11.3 Å². The van der Waals surface area contributed by atoms with E-state index in [2.05, 4.69) is 35.8 Å². The molecule has 118 valence electrons. The van der Waals surface area contributed by atoms with Gasteiger partial charge in [-0.3, -0.25) is 4.79 Å². The van der Waals surface area contributed by atoms with Crippen LogP contribution in [0.25, 0.3) is 0 Å². The minimum Gasteiger partial charge on any atom is -0.336 e. The lowest BCUT2D eigenvalue weighted by Gasteiger charge is -2.19. The highest BCUT2D eigenvalue weighted by Gasteiger charge is 2.28. The van der Waals surface area contributed by atoms with Gasteiger partial charge in [-0.05, 0) is 38.6 Å². The molecule has 1 aromatic heterocycles. The van der Waals surface area contributed by atoms with Crippen LogP contribution in [0.3, 0.4) is 0 Å². The predicted molar refractivity (Wildman–Crippen MR) is 92.5 cm³/mol. The van der Waals surface area contributed by atoms with Crippen LogP contribution in [0.2, 0.25) is 0 Å². The number of likely N-dealkylation sites (N-methyl/N-ethyl adjacent to an activating group) is 1. The zero-order chi connectivity index (χ0) is 16.2. The number of nitrogens with zero attached hydrogens (tertiary/aromatic N) is 3. The first-order valence-corrected chi connectivity index (χ1v) is 8.44. The molecule has 1 unspecified atom stereocenters. The van der Waals surface area contributed by atoms with E-state index in [1.54, 1.807) is 6.20 Å². The lowest BCUT2D eigenvalue weighted by molar-refractivity contribution is 0.0787. The molecule has 0 radical (unpaired) electrons. The second-order valence-corrected chi connectivity index (χ2v) is 6.83. The van der Waals surface area contributed by atoms with Crippen LogP contribution < -0.4 is 0 Å². The molecule has 3 rings (SSSR count). The summed E-state index contributed by atoms with van der Waals surface area (Å²) in [4.78, 5) is 21.6. The number of aromatic nitrogens is 1. The molecule has 2 heterocycles. The van der Waals surface area contributed by atoms with Gasteiger partial charge in [0.1, 0.15) is 4.88 Å². The number of thiazole rings is 1. The van der Waals surface area contributed by atoms with Crippen LogP contribution >= 0.6 is 11.3 Å². The molecule has 1 aliphatic heterocycles. The summed E-state index contributed by atoms with van der Waals surface area (Å²) in [5.74, 6) is 6.17. The number of carbonyl (C=O) groups is 1. The summed E-state index contributed by atoms with van der Waals surface area (Å²) in [6.45, 7) is 1.60. The van der Waals surface area contributed by atoms with E-state index in [9.17, 15) is 4.79 Å². The average molecular weight is 325 g/mol. The van der Waals surface area contributed by atoms with Crippen LogP contribution in [0.5, 0.6) is 0 Å². The zero-order valence-corrected chi connectivity index (χ0v) is 14.1. The van der Waals surface area contributed by atoms with Crippen LogP contribution in [-0.2, 0) is 0 Å². The largest absolute Gasteiger partial charge is 0.336 e. The number of hydrogen-bond donors (Lipinski definition) is 0. The van der Waals surface area contributed by atoms with Gasteiger partial charge in [-0.1, -0.05) is 24.1 Å². The number of carbonyl (C=O) groups excluding carboxylic acids is 1. The molecule has 0 spiro atoms. The lowest BCUT2D eigenvalue weighted by Crippen LogP contribution is -2.34. The van der Waals surface area contributed by atoms with Gasteiger partial charge in [0.05, 0.1) is 6.20 Å². The Morgan fingerprint density at radius 2 is 2.09 bits per heavy atom. The fourth-order valence-corrected chi connectivity index (χ4v) is 3.32. The molecule has 1 atom stereocenters. The second-order valence-electron chi connectivity index (χ2n) is 5.80. The van der Waals surface area contributed by atoms with Crippen molar-refractivity contribution < 1.29 is 4.79 Å². The molecular formula is C18H19N3OS. The van der Waals surface area contributed by atoms with Gasteiger partial charge >= 0.3 is 0 Å². The molecule has 1 saturated heterocycles. The van der Waals surface area contributed by atoms with Crippen molar-refractivity contribution in [2.24, 2.45) is 0 Å². The first kappa shape index (κ1) is 15.7. The number of hydrogen-bond acceptors (Lipinski definition) is 4. The Labute approximate surface area is 140 Å². The standard InChI is InChI=1S/C18H19N3OS/c1-20(2)15-10-11-21(13-15)18(22)16-12-19-17(23-16)9-8-14-6-4-3-5-7-14/h3-7,12,15H,10-11,13H2,1-2H3. The van der Waals surface area contributed by atoms with Crippen molar-refractivity contribution in [3.8, 4) is 11.8 Å². The summed E-state index contributed by atoms with van der Waals surface area (Å²) < 4.78 is 0. The third-order valence-electron chi connectivity index (χ3n) is 3.98. The van der Waals surface area contributed by atoms with E-state index in [4.69, 9.17) is 0 Å². The molecule has 1 aliphatic rings. The summed E-state index contributed by atoms with van der Waals surface area (Å²) in [5.41, 5.74) is 0.948. The van der Waals surface area contributed by atoms with Crippen molar-refractivity contribution in [2.45, 2.75) is 12.5 Å². The maximum absolute atomic E-state index is 12.5. The Bertz CT molecular complexity index is 742. The smallest absolute Gasteiger partial charge is 0.265 e. The zero-order valence-electron chi connectivity index (χ0n) is 13.3. The normalized spacial score (nSPS) is 17.2. The van der Waals surface area contributed by atoms with E-state index >= 15 is 0 Å². The fraction of sp³-hybridized carbons (Fsp3) is 0.333. The quantitative estimate of drug-likeness (QED) is 0.795. The van der Waals surface area contributed by atoms with E-state index < -0.39 is 0 Å². The summed E-state index contributed by atoms with van der Waals surface area (Å²) in [7, 11) is 4.12. The van der Waals surface area contributed by atoms with Gasteiger partial charge in [0.2, 0.25) is 0 Å². The first-order valence-electron chi connectivity index (χ1n) is 7.62. The van der Waals surface area contributed by atoms with Gasteiger partial charge in [0.15, 0.2) is 5.01 Å². The van der Waals surface area contributed by atoms with E-state index in [1.807, 2.05) is 35.2 Å². The minimum atomic E-state index is 0.0691. The Kier molecular flexibility index (Phi) is 4.75. The predicted octanol–water partition coefficient (Wildman–Crippen LogP) is 2.32. The molecular weight excluding hydrogens is 306 g/mol. The molecule has 0 aliphatic carbocycles. The van der Waals surface area contributed by atoms with Crippen molar-refractivity contribution in [3.63, 3.8) is 0 Å². The van der Waals surface area contributed by atoms with Crippen molar-refractivity contribution >= 4 is 17.2 Å². The molecule has 0 N–H and O–H groups in total. The Morgan fingerprint density at radius 3 is 2.78 bits per heavy atom. The van der Waals surface area contributed by atoms with Crippen LogP contribution in [-0.4, -0.2) is 53.9 Å². The third-order valence-corrected chi connectivity index (χ3v) is 4.89. The Morgan fingerprint density at radius 1 is 1.30 bits per heavy atom. The van der Waals surface area contributed by atoms with Crippen molar-refractivity contribution in [2.75, 3.05) is 27.2 Å². The van der Waals surface area contributed by atoms with Crippen LogP contribution in [0.1, 0.15) is 26.7 Å². The molecule has 0 saturated carbocycles. The molecule has 2 aromatic rings. The van der Waals surface area contributed by atoms with Gasteiger partial charge in [0, 0.05) is 24.7 Å². The number of rotatable bonds is 2. The van der Waals surface area contributed by atoms with E-state index in [0.29, 0.717) is 15.9 Å². The Balaban J connectivity index is 1.68. The molecule has 0 bridgehead atoms. The van der Waals surface area contributed by atoms with Gasteiger partial charge in [0.25, 0.3) is 5.91 Å². The van der Waals surface area contributed by atoms with Crippen LogP contribution in [0.4, 0.5) is 0 Å². The van der Waals surface area contributed by atoms with Gasteiger partial charge in [-0.2, -0.15) is 0 Å². The average Bonchev–Trinajstić information content (AvgIpc) is 3.23. The van der Waals surface area contributed by atoms with Crippen molar-refractivity contribution in [3.05, 3.63) is 52.0 Å². The summed E-state index contributed by atoms with van der Waals surface area (Å²) >= 11 is 1.37. The van der Waals surface area contributed by atoms with Crippen molar-refractivity contribution in [1.29, 1.82) is 0 Å². The second kappa shape index (κ2) is 6.95. The van der Waals surface area contributed by atoms with Gasteiger partial charge in [-0.25, -0.2) is 4.98 Å². The maximum Gasteiger partial charge on any atom is 0.265 e. The topological polar surface area (TPSA) is 36.4 Å². The molecule has 23 heavy (non-hydrogen) atoms. The highest BCUT2D eigenvalue weighted by Crippen LogP contribution is 2.20. The summed E-state index contributed by atoms with van der Waals surface area (Å²) in [6, 6.07) is 10.2. The molecule has 1 aromatic carbocycles. The Hall–Kier alpha value is -2.16. The van der Waals surface area contributed by atoms with Gasteiger partial charge in [-0.15, -0.1) is 11.3 Å². The van der Waals surface area contributed by atoms with Crippen molar-refractivity contribution in [1.82, 2.24) is 14.8 Å². The summed E-state index contributed by atoms with van der Waals surface area (Å²) in [6.07, 6.45) is 2.67. The lowest BCUT2D eigenvalue weighted by atomic mass is 10.2. The molecule has 1 amide bonds. The van der Waals surface area contributed by atoms with E-state index in [-0.39, 0.29) is 5.91 Å². The highest BCUT2D eigenvalue weighted by molar-refractivity contribution is 7.14. The summed E-state index contributed by atoms with van der Waals surface area (Å²) in [5, 5.41) is 0.681. The number of likely N-dealkylation sites (tertiary alicyclic amines) is 1. The molecule has 4 nitrogen and oxygen atoms in total. The SMILES string of the molecule is CN(C)C1CCN(C(=O)c2cnc(C#Cc3ccccc3)s2)C1.